The molecule has 1 aromatic rings. The van der Waals surface area contributed by atoms with Crippen LogP contribution in [-0.4, -0.2) is 21.8 Å². The van der Waals surface area contributed by atoms with E-state index in [1.807, 2.05) is 0 Å². The van der Waals surface area contributed by atoms with Crippen molar-refractivity contribution in [2.75, 3.05) is 6.61 Å². The Morgan fingerprint density at radius 3 is 2.62 bits per heavy atom. The van der Waals surface area contributed by atoms with Gasteiger partial charge in [-0.2, -0.15) is 0 Å². The quantitative estimate of drug-likeness (QED) is 0.840. The Morgan fingerprint density at radius 1 is 1.38 bits per heavy atom. The molecule has 13 heavy (non-hydrogen) atoms. The predicted molar refractivity (Wildman–Crippen MR) is 56.3 cm³/mol. The van der Waals surface area contributed by atoms with E-state index in [4.69, 9.17) is 5.11 Å². The maximum atomic E-state index is 9.55. The molecule has 0 bridgehead atoms. The highest BCUT2D eigenvalue weighted by Crippen LogP contribution is 2.25. The second-order valence-corrected chi connectivity index (χ2v) is 4.11. The first-order chi connectivity index (χ1) is 6.15. The first kappa shape index (κ1) is 11.1. The van der Waals surface area contributed by atoms with E-state index in [0.29, 0.717) is 21.2 Å². The van der Waals surface area contributed by atoms with E-state index in [1.165, 1.54) is 0 Å². The van der Waals surface area contributed by atoms with Crippen molar-refractivity contribution in [3.63, 3.8) is 0 Å². The Bertz CT molecular complexity index is 293. The van der Waals surface area contributed by atoms with Crippen molar-refractivity contribution in [1.82, 2.24) is 4.98 Å². The van der Waals surface area contributed by atoms with Crippen LogP contribution in [0.4, 0.5) is 0 Å². The van der Waals surface area contributed by atoms with E-state index in [0.717, 1.165) is 0 Å². The minimum absolute atomic E-state index is 0.0380. The van der Waals surface area contributed by atoms with Crippen LogP contribution in [0.5, 0.6) is 0 Å². The van der Waals surface area contributed by atoms with Gasteiger partial charge in [0.05, 0.1) is 6.10 Å². The summed E-state index contributed by atoms with van der Waals surface area (Å²) in [6.07, 6.45) is -0.345. The average Bonchev–Trinajstić information content (AvgIpc) is 2.04. The molecule has 2 N–H and O–H groups in total. The number of nitrogens with zero attached hydrogens (tertiary/aromatic N) is 1. The SMILES string of the molecule is OCCC(O)c1ccc(Br)nc1Br. The number of aromatic nitrogens is 1. The van der Waals surface area contributed by atoms with Crippen molar-refractivity contribution >= 4 is 31.9 Å². The van der Waals surface area contributed by atoms with Gasteiger partial charge in [-0.15, -0.1) is 0 Å². The Labute approximate surface area is 93.1 Å². The number of aliphatic hydroxyl groups is 2. The van der Waals surface area contributed by atoms with Crippen molar-refractivity contribution in [2.45, 2.75) is 12.5 Å². The monoisotopic (exact) mass is 309 g/mol. The highest BCUT2D eigenvalue weighted by Gasteiger charge is 2.11. The summed E-state index contributed by atoms with van der Waals surface area (Å²) >= 11 is 6.45. The third-order valence-corrected chi connectivity index (χ3v) is 2.68. The van der Waals surface area contributed by atoms with Crippen molar-refractivity contribution in [3.8, 4) is 0 Å². The van der Waals surface area contributed by atoms with Crippen LogP contribution >= 0.6 is 31.9 Å². The zero-order valence-electron chi connectivity index (χ0n) is 6.74. The molecule has 0 amide bonds. The lowest BCUT2D eigenvalue weighted by molar-refractivity contribution is 0.133. The fourth-order valence-corrected chi connectivity index (χ4v) is 2.08. The van der Waals surface area contributed by atoms with Crippen molar-refractivity contribution < 1.29 is 10.2 Å². The lowest BCUT2D eigenvalue weighted by atomic mass is 10.1. The zero-order valence-corrected chi connectivity index (χ0v) is 9.92. The van der Waals surface area contributed by atoms with E-state index in [2.05, 4.69) is 36.8 Å². The summed E-state index contributed by atoms with van der Waals surface area (Å²) in [5, 5.41) is 18.2. The van der Waals surface area contributed by atoms with Crippen molar-refractivity contribution in [3.05, 3.63) is 26.9 Å². The van der Waals surface area contributed by atoms with E-state index in [1.54, 1.807) is 12.1 Å². The van der Waals surface area contributed by atoms with Gasteiger partial charge in [-0.3, -0.25) is 0 Å². The number of pyridine rings is 1. The third kappa shape index (κ3) is 3.02. The van der Waals surface area contributed by atoms with Gasteiger partial charge in [-0.25, -0.2) is 4.98 Å². The number of halogens is 2. The van der Waals surface area contributed by atoms with E-state index >= 15 is 0 Å². The summed E-state index contributed by atoms with van der Waals surface area (Å²) in [7, 11) is 0. The molecule has 3 nitrogen and oxygen atoms in total. The summed E-state index contributed by atoms with van der Waals surface area (Å²) < 4.78 is 1.31. The van der Waals surface area contributed by atoms with Gasteiger partial charge in [-0.1, -0.05) is 6.07 Å². The molecule has 1 rings (SSSR count). The minimum Gasteiger partial charge on any atom is -0.396 e. The molecule has 0 saturated heterocycles. The van der Waals surface area contributed by atoms with Crippen molar-refractivity contribution in [1.29, 1.82) is 0 Å². The first-order valence-corrected chi connectivity index (χ1v) is 5.34. The van der Waals surface area contributed by atoms with Gasteiger partial charge in [0.25, 0.3) is 0 Å². The molecule has 1 aromatic heterocycles. The predicted octanol–water partition coefficient (Wildman–Crippen LogP) is 2.02. The highest BCUT2D eigenvalue weighted by atomic mass is 79.9. The van der Waals surface area contributed by atoms with Gasteiger partial charge in [0.1, 0.15) is 9.21 Å². The smallest absolute Gasteiger partial charge is 0.113 e. The van der Waals surface area contributed by atoms with Crippen LogP contribution in [0.2, 0.25) is 0 Å². The van der Waals surface area contributed by atoms with Gasteiger partial charge < -0.3 is 10.2 Å². The summed E-state index contributed by atoms with van der Waals surface area (Å²) in [6.45, 7) is -0.0380. The Hall–Kier alpha value is 0.0300. The van der Waals surface area contributed by atoms with Gasteiger partial charge in [0, 0.05) is 18.6 Å². The lowest BCUT2D eigenvalue weighted by Crippen LogP contribution is -2.02. The molecule has 5 heteroatoms. The van der Waals surface area contributed by atoms with Crippen LogP contribution in [0.3, 0.4) is 0 Å². The molecule has 0 saturated carbocycles. The van der Waals surface area contributed by atoms with Crippen LogP contribution in [0, 0.1) is 0 Å². The molecule has 1 unspecified atom stereocenters. The Balaban J connectivity index is 2.88. The molecule has 0 aromatic carbocycles. The zero-order chi connectivity index (χ0) is 9.84. The van der Waals surface area contributed by atoms with Gasteiger partial charge in [-0.05, 0) is 37.9 Å². The molecular weight excluding hydrogens is 302 g/mol. The first-order valence-electron chi connectivity index (χ1n) is 3.76. The number of rotatable bonds is 3. The summed E-state index contributed by atoms with van der Waals surface area (Å²) in [4.78, 5) is 4.07. The second kappa shape index (κ2) is 5.05. The fourth-order valence-electron chi connectivity index (χ4n) is 0.949. The van der Waals surface area contributed by atoms with Crippen LogP contribution < -0.4 is 0 Å². The van der Waals surface area contributed by atoms with E-state index in [9.17, 15) is 5.11 Å². The van der Waals surface area contributed by atoms with Crippen molar-refractivity contribution in [2.24, 2.45) is 0 Å². The van der Waals surface area contributed by atoms with Gasteiger partial charge in [0.15, 0.2) is 0 Å². The number of aliphatic hydroxyl groups excluding tert-OH is 2. The Morgan fingerprint density at radius 2 is 2.08 bits per heavy atom. The maximum Gasteiger partial charge on any atom is 0.113 e. The molecule has 0 aliphatic carbocycles. The lowest BCUT2D eigenvalue weighted by Gasteiger charge is -2.10. The maximum absolute atomic E-state index is 9.55. The van der Waals surface area contributed by atoms with E-state index < -0.39 is 6.10 Å². The summed E-state index contributed by atoms with van der Waals surface area (Å²) in [6, 6.07) is 3.52. The standard InChI is InChI=1S/C8H9Br2NO2/c9-7-2-1-5(8(10)11-7)6(13)3-4-12/h1-2,6,12-13H,3-4H2. The minimum atomic E-state index is -0.667. The van der Waals surface area contributed by atoms with Gasteiger partial charge >= 0.3 is 0 Å². The van der Waals surface area contributed by atoms with Crippen LogP contribution in [0.15, 0.2) is 21.3 Å². The normalized spacial score (nSPS) is 12.9. The van der Waals surface area contributed by atoms with Crippen LogP contribution in [0.25, 0.3) is 0 Å². The summed E-state index contributed by atoms with van der Waals surface area (Å²) in [5.41, 5.74) is 0.692. The average molecular weight is 311 g/mol. The molecule has 1 heterocycles. The molecular formula is C8H9Br2NO2. The molecule has 1 atom stereocenters. The molecule has 0 aliphatic heterocycles. The third-order valence-electron chi connectivity index (χ3n) is 1.61. The summed E-state index contributed by atoms with van der Waals surface area (Å²) in [5.74, 6) is 0. The highest BCUT2D eigenvalue weighted by molar-refractivity contribution is 9.11. The molecule has 72 valence electrons. The number of hydrogen-bond donors (Lipinski definition) is 2. The molecule has 0 fully saturated rings. The van der Waals surface area contributed by atoms with Gasteiger partial charge in [0.2, 0.25) is 0 Å². The second-order valence-electron chi connectivity index (χ2n) is 2.54. The molecule has 0 radical (unpaired) electrons. The molecule has 0 aliphatic rings. The fraction of sp³-hybridized carbons (Fsp3) is 0.375. The number of hydrogen-bond acceptors (Lipinski definition) is 3. The van der Waals surface area contributed by atoms with E-state index in [-0.39, 0.29) is 6.61 Å². The Kier molecular flexibility index (Phi) is 4.31. The van der Waals surface area contributed by atoms with Crippen LogP contribution in [0.1, 0.15) is 18.1 Å². The molecule has 0 spiro atoms. The largest absolute Gasteiger partial charge is 0.396 e. The van der Waals surface area contributed by atoms with Crippen LogP contribution in [-0.2, 0) is 0 Å². The topological polar surface area (TPSA) is 53.4 Å².